The first-order valence-corrected chi connectivity index (χ1v) is 9.73. The Labute approximate surface area is 162 Å². The number of nitrogens with zero attached hydrogens (tertiary/aromatic N) is 7. The van der Waals surface area contributed by atoms with E-state index in [2.05, 4.69) is 34.6 Å². The molecule has 8 heteroatoms. The number of likely N-dealkylation sites (tertiary alicyclic amines) is 1. The van der Waals surface area contributed by atoms with E-state index in [1.54, 1.807) is 6.20 Å². The molecule has 0 saturated carbocycles. The second-order valence-corrected chi connectivity index (χ2v) is 7.15. The average Bonchev–Trinajstić information content (AvgIpc) is 3.43. The maximum Gasteiger partial charge on any atom is 0.197 e. The van der Waals surface area contributed by atoms with E-state index in [1.165, 1.54) is 38.7 Å². The van der Waals surface area contributed by atoms with Gasteiger partial charge in [-0.05, 0) is 25.9 Å². The summed E-state index contributed by atoms with van der Waals surface area (Å²) in [5, 5.41) is 6.77. The number of hydrogen-bond acceptors (Lipinski definition) is 6. The van der Waals surface area contributed by atoms with Gasteiger partial charge in [0.25, 0.3) is 0 Å². The van der Waals surface area contributed by atoms with Crippen molar-refractivity contribution >= 4 is 11.3 Å². The molecule has 0 spiro atoms. The highest BCUT2D eigenvalue weighted by atomic mass is 15.2. The molecule has 0 unspecified atom stereocenters. The first-order valence-electron chi connectivity index (χ1n) is 9.73. The summed E-state index contributed by atoms with van der Waals surface area (Å²) < 4.78 is 2.11. The number of fused-ring (bicyclic) bond motifs is 1. The molecule has 3 aromatic heterocycles. The molecule has 28 heavy (non-hydrogen) atoms. The van der Waals surface area contributed by atoms with Gasteiger partial charge in [0.1, 0.15) is 6.33 Å². The number of piperidine rings is 1. The van der Waals surface area contributed by atoms with Crippen molar-refractivity contribution in [3.05, 3.63) is 43.1 Å². The van der Waals surface area contributed by atoms with Gasteiger partial charge >= 0.3 is 0 Å². The molecule has 4 heterocycles. The Morgan fingerprint density at radius 1 is 0.893 bits per heavy atom. The summed E-state index contributed by atoms with van der Waals surface area (Å²) in [5.74, 6) is 0.754. The minimum atomic E-state index is 0.695. The fourth-order valence-electron chi connectivity index (χ4n) is 3.71. The highest BCUT2D eigenvalue weighted by Crippen LogP contribution is 2.22. The van der Waals surface area contributed by atoms with Crippen LogP contribution < -0.4 is 0 Å². The number of benzene rings is 1. The van der Waals surface area contributed by atoms with E-state index in [1.807, 2.05) is 30.6 Å². The van der Waals surface area contributed by atoms with Crippen molar-refractivity contribution < 1.29 is 0 Å². The van der Waals surface area contributed by atoms with Crippen LogP contribution in [0.15, 0.2) is 43.1 Å². The smallest absolute Gasteiger partial charge is 0.197 e. The van der Waals surface area contributed by atoms with Crippen molar-refractivity contribution in [3.63, 3.8) is 0 Å². The number of H-pyrrole nitrogens is 1. The highest BCUT2D eigenvalue weighted by molar-refractivity contribution is 5.72. The molecular weight excluding hydrogens is 352 g/mol. The van der Waals surface area contributed by atoms with Crippen LogP contribution in [0.5, 0.6) is 0 Å². The summed E-state index contributed by atoms with van der Waals surface area (Å²) in [6.45, 7) is 4.31. The molecule has 0 amide bonds. The molecule has 1 aliphatic rings. The molecule has 1 aliphatic heterocycles. The number of nitrogens with one attached hydrogen (secondary N) is 1. The topological polar surface area (TPSA) is 88.4 Å². The van der Waals surface area contributed by atoms with Crippen molar-refractivity contribution in [1.29, 1.82) is 0 Å². The van der Waals surface area contributed by atoms with E-state index < -0.39 is 0 Å². The van der Waals surface area contributed by atoms with E-state index in [0.717, 1.165) is 41.4 Å². The van der Waals surface area contributed by atoms with Gasteiger partial charge in [-0.25, -0.2) is 19.9 Å². The molecule has 1 aromatic carbocycles. The lowest BCUT2D eigenvalue weighted by Gasteiger charge is -2.26. The number of aromatic nitrogens is 7. The lowest BCUT2D eigenvalue weighted by Crippen LogP contribution is -2.32. The van der Waals surface area contributed by atoms with E-state index in [9.17, 15) is 0 Å². The second kappa shape index (κ2) is 7.47. The number of hydrogen-bond donors (Lipinski definition) is 1. The van der Waals surface area contributed by atoms with E-state index in [4.69, 9.17) is 4.98 Å². The molecular formula is C20H22N8. The molecule has 1 fully saturated rings. The lowest BCUT2D eigenvalue weighted by molar-refractivity contribution is 0.221. The summed E-state index contributed by atoms with van der Waals surface area (Å²) in [4.78, 5) is 20.5. The van der Waals surface area contributed by atoms with Crippen LogP contribution in [0.1, 0.15) is 19.3 Å². The van der Waals surface area contributed by atoms with Crippen LogP contribution in [-0.2, 0) is 6.54 Å². The summed E-state index contributed by atoms with van der Waals surface area (Å²) in [6, 6.07) is 8.08. The van der Waals surface area contributed by atoms with E-state index in [0.29, 0.717) is 5.65 Å². The molecule has 142 valence electrons. The molecule has 5 rings (SSSR count). The third-order valence-electron chi connectivity index (χ3n) is 5.30. The molecule has 0 atom stereocenters. The van der Waals surface area contributed by atoms with Gasteiger partial charge in [0.05, 0.1) is 18.2 Å². The van der Waals surface area contributed by atoms with Crippen molar-refractivity contribution in [1.82, 2.24) is 39.6 Å². The van der Waals surface area contributed by atoms with Crippen LogP contribution >= 0.6 is 0 Å². The molecule has 0 aliphatic carbocycles. The maximum atomic E-state index is 4.85. The highest BCUT2D eigenvalue weighted by Gasteiger charge is 2.12. The number of rotatable bonds is 5. The van der Waals surface area contributed by atoms with Crippen LogP contribution in [-0.4, -0.2) is 59.2 Å². The minimum absolute atomic E-state index is 0.695. The van der Waals surface area contributed by atoms with Gasteiger partial charge in [-0.1, -0.05) is 30.7 Å². The molecule has 0 radical (unpaired) electrons. The minimum Gasteiger partial charge on any atom is -0.313 e. The Balaban J connectivity index is 1.38. The molecule has 1 N–H and O–H groups in total. The van der Waals surface area contributed by atoms with Gasteiger partial charge in [-0.15, -0.1) is 0 Å². The fourth-order valence-corrected chi connectivity index (χ4v) is 3.71. The molecule has 0 bridgehead atoms. The Kier molecular flexibility index (Phi) is 4.54. The zero-order valence-corrected chi connectivity index (χ0v) is 15.6. The van der Waals surface area contributed by atoms with Crippen LogP contribution in [0.25, 0.3) is 33.9 Å². The van der Waals surface area contributed by atoms with Crippen LogP contribution in [0, 0.1) is 0 Å². The quantitative estimate of drug-likeness (QED) is 0.578. The van der Waals surface area contributed by atoms with E-state index >= 15 is 0 Å². The summed E-state index contributed by atoms with van der Waals surface area (Å²) in [5.41, 5.74) is 4.38. The summed E-state index contributed by atoms with van der Waals surface area (Å²) >= 11 is 0. The summed E-state index contributed by atoms with van der Waals surface area (Å²) in [7, 11) is 0. The van der Waals surface area contributed by atoms with Gasteiger partial charge in [0, 0.05) is 24.2 Å². The maximum absolute atomic E-state index is 4.85. The largest absolute Gasteiger partial charge is 0.313 e. The normalized spacial score (nSPS) is 15.3. The van der Waals surface area contributed by atoms with Crippen molar-refractivity contribution in [2.45, 2.75) is 25.8 Å². The monoisotopic (exact) mass is 374 g/mol. The predicted molar refractivity (Wildman–Crippen MR) is 106 cm³/mol. The molecule has 1 saturated heterocycles. The first-order chi connectivity index (χ1) is 13.9. The van der Waals surface area contributed by atoms with Crippen LogP contribution in [0.3, 0.4) is 0 Å². The Morgan fingerprint density at radius 2 is 1.71 bits per heavy atom. The first kappa shape index (κ1) is 17.0. The van der Waals surface area contributed by atoms with Crippen molar-refractivity contribution in [2.24, 2.45) is 0 Å². The van der Waals surface area contributed by atoms with Gasteiger partial charge < -0.3 is 9.47 Å². The van der Waals surface area contributed by atoms with Gasteiger partial charge in [-0.2, -0.15) is 5.10 Å². The standard InChI is InChI=1S/C20H22N8/c1-2-8-27(9-3-1)10-11-28-14-23-19-20(28)25-17(12-21-19)15-4-6-16(7-5-15)18-22-13-24-26-18/h4-7,12-14H,1-3,8-11H2,(H,22,24,26). The second-order valence-electron chi connectivity index (χ2n) is 7.15. The molecule has 8 nitrogen and oxygen atoms in total. The van der Waals surface area contributed by atoms with Gasteiger partial charge in [0.15, 0.2) is 17.1 Å². The lowest BCUT2D eigenvalue weighted by atomic mass is 10.1. The Bertz CT molecular complexity index is 1050. The third kappa shape index (κ3) is 3.38. The summed E-state index contributed by atoms with van der Waals surface area (Å²) in [6.07, 6.45) is 9.11. The van der Waals surface area contributed by atoms with Crippen molar-refractivity contribution in [2.75, 3.05) is 19.6 Å². The predicted octanol–water partition coefficient (Wildman–Crippen LogP) is 2.76. The fraction of sp³-hybridized carbons (Fsp3) is 0.350. The van der Waals surface area contributed by atoms with Crippen molar-refractivity contribution in [3.8, 4) is 22.6 Å². The SMILES string of the molecule is c1n[nH]c(-c2ccc(-c3cnc4ncn(CCN5CCCCC5)c4n3)cc2)n1. The average molecular weight is 374 g/mol. The number of imidazole rings is 1. The van der Waals surface area contributed by atoms with Gasteiger partial charge in [0.2, 0.25) is 0 Å². The molecule has 4 aromatic rings. The third-order valence-corrected chi connectivity index (χ3v) is 5.30. The van der Waals surface area contributed by atoms with Crippen LogP contribution in [0.2, 0.25) is 0 Å². The zero-order chi connectivity index (χ0) is 18.8. The van der Waals surface area contributed by atoms with Crippen LogP contribution in [0.4, 0.5) is 0 Å². The number of aromatic amines is 1. The van der Waals surface area contributed by atoms with Gasteiger partial charge in [-0.3, -0.25) is 5.10 Å². The zero-order valence-electron chi connectivity index (χ0n) is 15.6. The Morgan fingerprint density at radius 3 is 2.50 bits per heavy atom. The Hall–Kier alpha value is -3.13. The van der Waals surface area contributed by atoms with E-state index in [-0.39, 0.29) is 0 Å².